The highest BCUT2D eigenvalue weighted by atomic mass is 35.5. The van der Waals surface area contributed by atoms with Gasteiger partial charge in [0.25, 0.3) is 5.91 Å². The van der Waals surface area contributed by atoms with Crippen LogP contribution in [0.4, 0.5) is 0 Å². The maximum atomic E-state index is 12.5. The van der Waals surface area contributed by atoms with Crippen LogP contribution in [0.5, 0.6) is 5.75 Å². The SMILES string of the molecule is CC(NC(=O)c1ccc(OCc2cn3ccccc3n2)cc1)c1cccc(Cl)c1. The Hall–Kier alpha value is -3.31. The summed E-state index contributed by atoms with van der Waals surface area (Å²) < 4.78 is 7.75. The lowest BCUT2D eigenvalue weighted by Gasteiger charge is -2.15. The molecule has 4 aromatic rings. The van der Waals surface area contributed by atoms with Crippen LogP contribution in [-0.2, 0) is 6.61 Å². The van der Waals surface area contributed by atoms with E-state index in [0.29, 0.717) is 22.9 Å². The number of aromatic nitrogens is 2. The van der Waals surface area contributed by atoms with Crippen molar-refractivity contribution >= 4 is 23.2 Å². The van der Waals surface area contributed by atoms with Crippen LogP contribution < -0.4 is 10.1 Å². The van der Waals surface area contributed by atoms with Crippen LogP contribution >= 0.6 is 11.6 Å². The molecule has 0 saturated carbocycles. The molecule has 0 aliphatic heterocycles. The van der Waals surface area contributed by atoms with Gasteiger partial charge in [-0.05, 0) is 61.0 Å². The number of benzene rings is 2. The maximum absolute atomic E-state index is 12.5. The Morgan fingerprint density at radius 2 is 1.97 bits per heavy atom. The van der Waals surface area contributed by atoms with Gasteiger partial charge in [0.05, 0.1) is 11.7 Å². The van der Waals surface area contributed by atoms with E-state index in [1.54, 1.807) is 24.3 Å². The van der Waals surface area contributed by atoms with Crippen LogP contribution in [0.25, 0.3) is 5.65 Å². The van der Waals surface area contributed by atoms with E-state index in [4.69, 9.17) is 16.3 Å². The van der Waals surface area contributed by atoms with Gasteiger partial charge in [0.1, 0.15) is 18.0 Å². The molecule has 0 aliphatic rings. The Balaban J connectivity index is 1.36. The Bertz CT molecular complexity index is 1110. The number of hydrogen-bond donors (Lipinski definition) is 1. The van der Waals surface area contributed by atoms with Crippen LogP contribution in [0, 0.1) is 0 Å². The first kappa shape index (κ1) is 19.0. The third kappa shape index (κ3) is 4.58. The largest absolute Gasteiger partial charge is 0.487 e. The quantitative estimate of drug-likeness (QED) is 0.488. The number of amides is 1. The van der Waals surface area contributed by atoms with Crippen molar-refractivity contribution < 1.29 is 9.53 Å². The van der Waals surface area contributed by atoms with E-state index >= 15 is 0 Å². The number of imidazole rings is 1. The fourth-order valence-electron chi connectivity index (χ4n) is 3.06. The van der Waals surface area contributed by atoms with Gasteiger partial charge in [-0.15, -0.1) is 0 Å². The lowest BCUT2D eigenvalue weighted by Crippen LogP contribution is -2.26. The summed E-state index contributed by atoms with van der Waals surface area (Å²) in [6.07, 6.45) is 3.89. The highest BCUT2D eigenvalue weighted by molar-refractivity contribution is 6.30. The average molecular weight is 406 g/mol. The van der Waals surface area contributed by atoms with Crippen LogP contribution in [0.2, 0.25) is 5.02 Å². The molecule has 2 aromatic heterocycles. The van der Waals surface area contributed by atoms with Crippen molar-refractivity contribution in [3.8, 4) is 5.75 Å². The summed E-state index contributed by atoms with van der Waals surface area (Å²) in [5.41, 5.74) is 3.25. The molecular formula is C23H20ClN3O2. The minimum atomic E-state index is -0.149. The zero-order valence-corrected chi connectivity index (χ0v) is 16.6. The zero-order valence-electron chi connectivity index (χ0n) is 15.9. The predicted octanol–water partition coefficient (Wildman–Crippen LogP) is 5.06. The fraction of sp³-hybridized carbons (Fsp3) is 0.130. The highest BCUT2D eigenvalue weighted by Gasteiger charge is 2.12. The van der Waals surface area contributed by atoms with E-state index in [9.17, 15) is 4.79 Å². The first-order chi connectivity index (χ1) is 14.1. The van der Waals surface area contributed by atoms with Crippen molar-refractivity contribution in [2.75, 3.05) is 0 Å². The molecule has 6 heteroatoms. The number of pyridine rings is 1. The van der Waals surface area contributed by atoms with E-state index in [2.05, 4.69) is 10.3 Å². The molecule has 1 atom stereocenters. The van der Waals surface area contributed by atoms with Crippen LogP contribution in [0.15, 0.2) is 79.1 Å². The van der Waals surface area contributed by atoms with Gasteiger partial charge in [0.2, 0.25) is 0 Å². The summed E-state index contributed by atoms with van der Waals surface area (Å²) in [7, 11) is 0. The van der Waals surface area contributed by atoms with Crippen molar-refractivity contribution in [1.29, 1.82) is 0 Å². The van der Waals surface area contributed by atoms with Crippen LogP contribution in [-0.4, -0.2) is 15.3 Å². The summed E-state index contributed by atoms with van der Waals surface area (Å²) >= 11 is 6.02. The Kier molecular flexibility index (Phi) is 5.49. The molecule has 0 spiro atoms. The number of rotatable bonds is 6. The molecule has 29 heavy (non-hydrogen) atoms. The molecule has 0 saturated heterocycles. The fourth-order valence-corrected chi connectivity index (χ4v) is 3.25. The molecule has 2 aromatic carbocycles. The second-order valence-electron chi connectivity index (χ2n) is 6.76. The molecule has 146 valence electrons. The number of nitrogens with one attached hydrogen (secondary N) is 1. The average Bonchev–Trinajstić information content (AvgIpc) is 3.15. The number of nitrogens with zero attached hydrogens (tertiary/aromatic N) is 2. The van der Waals surface area contributed by atoms with Gasteiger partial charge >= 0.3 is 0 Å². The van der Waals surface area contributed by atoms with Gasteiger partial charge in [-0.2, -0.15) is 0 Å². The van der Waals surface area contributed by atoms with Gasteiger partial charge in [0, 0.05) is 23.0 Å². The monoisotopic (exact) mass is 405 g/mol. The highest BCUT2D eigenvalue weighted by Crippen LogP contribution is 2.19. The van der Waals surface area contributed by atoms with Crippen LogP contribution in [0.3, 0.4) is 0 Å². The lowest BCUT2D eigenvalue weighted by molar-refractivity contribution is 0.0940. The van der Waals surface area contributed by atoms with Gasteiger partial charge in [-0.1, -0.05) is 29.8 Å². The molecule has 1 N–H and O–H groups in total. The van der Waals surface area contributed by atoms with E-state index < -0.39 is 0 Å². The van der Waals surface area contributed by atoms with Crippen molar-refractivity contribution in [2.45, 2.75) is 19.6 Å². The second-order valence-corrected chi connectivity index (χ2v) is 7.20. The molecule has 5 nitrogen and oxygen atoms in total. The summed E-state index contributed by atoms with van der Waals surface area (Å²) in [5, 5.41) is 3.63. The van der Waals surface area contributed by atoms with Crippen LogP contribution in [0.1, 0.15) is 34.6 Å². The summed E-state index contributed by atoms with van der Waals surface area (Å²) in [4.78, 5) is 17.0. The topological polar surface area (TPSA) is 55.6 Å². The second kappa shape index (κ2) is 8.37. The maximum Gasteiger partial charge on any atom is 0.251 e. The van der Waals surface area contributed by atoms with Crippen molar-refractivity contribution in [3.63, 3.8) is 0 Å². The molecular weight excluding hydrogens is 386 g/mol. The van der Waals surface area contributed by atoms with Gasteiger partial charge in [-0.3, -0.25) is 4.79 Å². The molecule has 0 aliphatic carbocycles. The summed E-state index contributed by atoms with van der Waals surface area (Å²) in [6, 6.07) is 20.2. The van der Waals surface area contributed by atoms with Crippen molar-refractivity contribution in [3.05, 3.63) is 101 Å². The van der Waals surface area contributed by atoms with E-state index in [1.807, 2.05) is 66.2 Å². The zero-order chi connectivity index (χ0) is 20.2. The number of hydrogen-bond acceptors (Lipinski definition) is 3. The molecule has 0 bridgehead atoms. The molecule has 4 rings (SSSR count). The number of halogens is 1. The Labute approximate surface area is 173 Å². The minimum absolute atomic E-state index is 0.146. The lowest BCUT2D eigenvalue weighted by atomic mass is 10.1. The van der Waals surface area contributed by atoms with Gasteiger partial charge in [0.15, 0.2) is 0 Å². The Morgan fingerprint density at radius 1 is 1.14 bits per heavy atom. The first-order valence-corrected chi connectivity index (χ1v) is 9.68. The van der Waals surface area contributed by atoms with Crippen molar-refractivity contribution in [2.24, 2.45) is 0 Å². The molecule has 0 fully saturated rings. The van der Waals surface area contributed by atoms with E-state index in [0.717, 1.165) is 16.9 Å². The minimum Gasteiger partial charge on any atom is -0.487 e. The third-order valence-electron chi connectivity index (χ3n) is 4.61. The van der Waals surface area contributed by atoms with Crippen molar-refractivity contribution in [1.82, 2.24) is 14.7 Å². The molecule has 1 amide bonds. The number of fused-ring (bicyclic) bond motifs is 1. The van der Waals surface area contributed by atoms with E-state index in [1.165, 1.54) is 0 Å². The molecule has 0 radical (unpaired) electrons. The smallest absolute Gasteiger partial charge is 0.251 e. The first-order valence-electron chi connectivity index (χ1n) is 9.30. The summed E-state index contributed by atoms with van der Waals surface area (Å²) in [6.45, 7) is 2.29. The third-order valence-corrected chi connectivity index (χ3v) is 4.85. The predicted molar refractivity (Wildman–Crippen MR) is 113 cm³/mol. The number of ether oxygens (including phenoxy) is 1. The normalized spacial score (nSPS) is 11.9. The molecule has 1 unspecified atom stereocenters. The van der Waals surface area contributed by atoms with Gasteiger partial charge < -0.3 is 14.5 Å². The van der Waals surface area contributed by atoms with E-state index in [-0.39, 0.29) is 11.9 Å². The summed E-state index contributed by atoms with van der Waals surface area (Å²) in [5.74, 6) is 0.533. The number of carbonyl (C=O) groups excluding carboxylic acids is 1. The Morgan fingerprint density at radius 3 is 2.72 bits per heavy atom. The standard InChI is InChI=1S/C23H20ClN3O2/c1-16(18-5-4-6-19(24)13-18)25-23(28)17-8-10-21(11-9-17)29-15-20-14-27-12-3-2-7-22(27)26-20/h2-14,16H,15H2,1H3,(H,25,28). The van der Waals surface area contributed by atoms with Gasteiger partial charge in [-0.25, -0.2) is 4.98 Å². The molecule has 2 heterocycles. The number of carbonyl (C=O) groups is 1.